The number of amides is 1. The van der Waals surface area contributed by atoms with E-state index in [9.17, 15) is 4.79 Å². The van der Waals surface area contributed by atoms with E-state index in [0.29, 0.717) is 18.7 Å². The van der Waals surface area contributed by atoms with Gasteiger partial charge in [0.15, 0.2) is 0 Å². The molecule has 2 rings (SSSR count). The normalized spacial score (nSPS) is 18.1. The zero-order chi connectivity index (χ0) is 13.1. The van der Waals surface area contributed by atoms with Gasteiger partial charge in [-0.05, 0) is 19.8 Å². The number of aromatic nitrogens is 2. The molecule has 4 N–H and O–H groups in total. The van der Waals surface area contributed by atoms with Crippen LogP contribution in [0.2, 0.25) is 0 Å². The third kappa shape index (κ3) is 2.29. The van der Waals surface area contributed by atoms with Gasteiger partial charge in [-0.1, -0.05) is 5.16 Å². The van der Waals surface area contributed by atoms with Gasteiger partial charge >= 0.3 is 0 Å². The highest BCUT2D eigenvalue weighted by atomic mass is 16.4. The number of carbonyl (C=O) groups is 1. The van der Waals surface area contributed by atoms with Crippen molar-refractivity contribution in [3.05, 3.63) is 17.5 Å². The molecule has 1 aromatic rings. The van der Waals surface area contributed by atoms with E-state index in [2.05, 4.69) is 15.4 Å². The number of H-pyrrole nitrogens is 1. The van der Waals surface area contributed by atoms with Crippen molar-refractivity contribution in [3.8, 4) is 0 Å². The van der Waals surface area contributed by atoms with Crippen LogP contribution in [0.3, 0.4) is 0 Å². The van der Waals surface area contributed by atoms with E-state index in [0.717, 1.165) is 18.5 Å². The number of likely N-dealkylation sites (tertiary alicyclic amines) is 1. The van der Waals surface area contributed by atoms with Crippen LogP contribution in [0.5, 0.6) is 0 Å². The Bertz CT molecular complexity index is 460. The first-order valence-electron chi connectivity index (χ1n) is 5.90. The van der Waals surface area contributed by atoms with Gasteiger partial charge in [-0.25, -0.2) is 0 Å². The molecule has 0 saturated carbocycles. The molecule has 0 spiro atoms. The number of amidine groups is 1. The topological polar surface area (TPSA) is 108 Å². The SMILES string of the molecule is Cc1[nH]ncc1C(=O)N1CCC(C(N)=NO)CC1. The summed E-state index contributed by atoms with van der Waals surface area (Å²) in [6.45, 7) is 3.05. The van der Waals surface area contributed by atoms with Crippen LogP contribution in [0.1, 0.15) is 28.9 Å². The van der Waals surface area contributed by atoms with Crippen LogP contribution in [0.15, 0.2) is 11.4 Å². The maximum atomic E-state index is 12.2. The largest absolute Gasteiger partial charge is 0.409 e. The van der Waals surface area contributed by atoms with Gasteiger partial charge in [0, 0.05) is 24.7 Å². The fourth-order valence-electron chi connectivity index (χ4n) is 2.20. The molecule has 1 amide bonds. The molecule has 7 heteroatoms. The summed E-state index contributed by atoms with van der Waals surface area (Å²) in [7, 11) is 0. The van der Waals surface area contributed by atoms with Crippen LogP contribution in [0, 0.1) is 12.8 Å². The lowest BCUT2D eigenvalue weighted by Crippen LogP contribution is -2.41. The minimum atomic E-state index is -0.0146. The fraction of sp³-hybridized carbons (Fsp3) is 0.545. The van der Waals surface area contributed by atoms with Crippen molar-refractivity contribution in [2.75, 3.05) is 13.1 Å². The monoisotopic (exact) mass is 251 g/mol. The minimum Gasteiger partial charge on any atom is -0.409 e. The number of oxime groups is 1. The Morgan fingerprint density at radius 2 is 2.28 bits per heavy atom. The van der Waals surface area contributed by atoms with E-state index in [1.54, 1.807) is 11.1 Å². The Hall–Kier alpha value is -2.05. The van der Waals surface area contributed by atoms with Gasteiger partial charge in [-0.15, -0.1) is 0 Å². The average Bonchev–Trinajstić information content (AvgIpc) is 2.83. The summed E-state index contributed by atoms with van der Waals surface area (Å²) >= 11 is 0. The van der Waals surface area contributed by atoms with E-state index in [1.165, 1.54) is 0 Å². The van der Waals surface area contributed by atoms with Gasteiger partial charge in [0.2, 0.25) is 0 Å². The number of aryl methyl sites for hydroxylation is 1. The highest BCUT2D eigenvalue weighted by Gasteiger charge is 2.26. The van der Waals surface area contributed by atoms with Crippen molar-refractivity contribution < 1.29 is 10.0 Å². The molecule has 98 valence electrons. The van der Waals surface area contributed by atoms with Crippen molar-refractivity contribution >= 4 is 11.7 Å². The quantitative estimate of drug-likeness (QED) is 0.304. The lowest BCUT2D eigenvalue weighted by atomic mass is 9.95. The van der Waals surface area contributed by atoms with Crippen LogP contribution in [-0.2, 0) is 0 Å². The minimum absolute atomic E-state index is 0.0146. The Kier molecular flexibility index (Phi) is 3.50. The van der Waals surface area contributed by atoms with Crippen molar-refractivity contribution in [2.24, 2.45) is 16.8 Å². The molecular weight excluding hydrogens is 234 g/mol. The Labute approximate surface area is 105 Å². The van der Waals surface area contributed by atoms with E-state index in [-0.39, 0.29) is 17.7 Å². The highest BCUT2D eigenvalue weighted by molar-refractivity contribution is 5.95. The fourth-order valence-corrected chi connectivity index (χ4v) is 2.20. The number of nitrogens with one attached hydrogen (secondary N) is 1. The molecule has 0 atom stereocenters. The summed E-state index contributed by atoms with van der Waals surface area (Å²) in [5.74, 6) is 0.297. The van der Waals surface area contributed by atoms with Crippen molar-refractivity contribution in [1.82, 2.24) is 15.1 Å². The Morgan fingerprint density at radius 1 is 1.61 bits per heavy atom. The number of nitrogens with two attached hydrogens (primary N) is 1. The maximum absolute atomic E-state index is 12.2. The lowest BCUT2D eigenvalue weighted by Gasteiger charge is -2.31. The van der Waals surface area contributed by atoms with Crippen molar-refractivity contribution in [1.29, 1.82) is 0 Å². The molecule has 2 heterocycles. The molecule has 1 fully saturated rings. The van der Waals surface area contributed by atoms with E-state index in [1.807, 2.05) is 6.92 Å². The molecule has 0 bridgehead atoms. The number of aromatic amines is 1. The second-order valence-corrected chi connectivity index (χ2v) is 4.50. The lowest BCUT2D eigenvalue weighted by molar-refractivity contribution is 0.0708. The number of hydrogen-bond acceptors (Lipinski definition) is 4. The predicted octanol–water partition coefficient (Wildman–Crippen LogP) is 0.317. The third-order valence-electron chi connectivity index (χ3n) is 3.38. The van der Waals surface area contributed by atoms with Gasteiger partial charge in [0.25, 0.3) is 5.91 Å². The van der Waals surface area contributed by atoms with Crippen LogP contribution in [0.4, 0.5) is 0 Å². The van der Waals surface area contributed by atoms with Crippen LogP contribution in [0.25, 0.3) is 0 Å². The first-order chi connectivity index (χ1) is 8.63. The van der Waals surface area contributed by atoms with Gasteiger partial charge in [-0.3, -0.25) is 9.89 Å². The van der Waals surface area contributed by atoms with E-state index in [4.69, 9.17) is 10.9 Å². The van der Waals surface area contributed by atoms with Crippen molar-refractivity contribution in [2.45, 2.75) is 19.8 Å². The third-order valence-corrected chi connectivity index (χ3v) is 3.38. The highest BCUT2D eigenvalue weighted by Crippen LogP contribution is 2.19. The van der Waals surface area contributed by atoms with Gasteiger partial charge < -0.3 is 15.8 Å². The number of rotatable bonds is 2. The molecular formula is C11H17N5O2. The summed E-state index contributed by atoms with van der Waals surface area (Å²) < 4.78 is 0. The Morgan fingerprint density at radius 3 is 2.78 bits per heavy atom. The van der Waals surface area contributed by atoms with Gasteiger partial charge in [0.05, 0.1) is 11.8 Å². The van der Waals surface area contributed by atoms with Gasteiger partial charge in [0.1, 0.15) is 5.84 Å². The Balaban J connectivity index is 1.98. The second-order valence-electron chi connectivity index (χ2n) is 4.50. The van der Waals surface area contributed by atoms with Crippen LogP contribution >= 0.6 is 0 Å². The molecule has 1 aliphatic rings. The molecule has 0 radical (unpaired) electrons. The number of nitrogens with zero attached hydrogens (tertiary/aromatic N) is 3. The number of carbonyl (C=O) groups excluding carboxylic acids is 1. The zero-order valence-corrected chi connectivity index (χ0v) is 10.3. The zero-order valence-electron chi connectivity index (χ0n) is 10.3. The number of hydrogen-bond donors (Lipinski definition) is 3. The summed E-state index contributed by atoms with van der Waals surface area (Å²) in [6, 6.07) is 0. The smallest absolute Gasteiger partial charge is 0.257 e. The molecule has 18 heavy (non-hydrogen) atoms. The van der Waals surface area contributed by atoms with E-state index >= 15 is 0 Å². The molecule has 1 aliphatic heterocycles. The molecule has 7 nitrogen and oxygen atoms in total. The summed E-state index contributed by atoms with van der Waals surface area (Å²) in [4.78, 5) is 14.0. The average molecular weight is 251 g/mol. The van der Waals surface area contributed by atoms with Crippen LogP contribution in [-0.4, -0.2) is 45.1 Å². The predicted molar refractivity (Wildman–Crippen MR) is 65.4 cm³/mol. The first-order valence-corrected chi connectivity index (χ1v) is 5.90. The molecule has 1 aromatic heterocycles. The number of piperidine rings is 1. The maximum Gasteiger partial charge on any atom is 0.257 e. The standard InChI is InChI=1S/C11H17N5O2/c1-7-9(6-13-14-7)11(17)16-4-2-8(3-5-16)10(12)15-18/h6,8,18H,2-5H2,1H3,(H2,12,15)(H,13,14). The summed E-state index contributed by atoms with van der Waals surface area (Å²) in [5.41, 5.74) is 6.95. The summed E-state index contributed by atoms with van der Waals surface area (Å²) in [5, 5.41) is 18.2. The van der Waals surface area contributed by atoms with E-state index < -0.39 is 0 Å². The van der Waals surface area contributed by atoms with Crippen molar-refractivity contribution in [3.63, 3.8) is 0 Å². The van der Waals surface area contributed by atoms with Gasteiger partial charge in [-0.2, -0.15) is 5.10 Å². The molecule has 0 aliphatic carbocycles. The molecule has 1 saturated heterocycles. The molecule has 0 unspecified atom stereocenters. The molecule has 0 aromatic carbocycles. The van der Waals surface area contributed by atoms with Crippen LogP contribution < -0.4 is 5.73 Å². The first kappa shape index (κ1) is 12.4. The second kappa shape index (κ2) is 5.07. The summed E-state index contributed by atoms with van der Waals surface area (Å²) in [6.07, 6.45) is 2.99.